The summed E-state index contributed by atoms with van der Waals surface area (Å²) >= 11 is 7.92. The third kappa shape index (κ3) is 5.14. The summed E-state index contributed by atoms with van der Waals surface area (Å²) in [5, 5.41) is 0.384. The lowest BCUT2D eigenvalue weighted by Crippen LogP contribution is -2.43. The first-order valence-corrected chi connectivity index (χ1v) is 10.4. The van der Waals surface area contributed by atoms with Gasteiger partial charge in [0.2, 0.25) is 5.91 Å². The molecular weight excluding hydrogens is 358 g/mol. The fourth-order valence-electron chi connectivity index (χ4n) is 2.78. The average molecular weight is 384 g/mol. The van der Waals surface area contributed by atoms with Crippen LogP contribution in [0.1, 0.15) is 56.9 Å². The van der Waals surface area contributed by atoms with Gasteiger partial charge in [0.1, 0.15) is 11.4 Å². The van der Waals surface area contributed by atoms with Crippen LogP contribution in [0.3, 0.4) is 0 Å². The number of hydrogen-bond donors (Lipinski definition) is 0. The number of carbonyl (C=O) groups excluding carboxylic acids is 2. The van der Waals surface area contributed by atoms with Gasteiger partial charge in [0, 0.05) is 22.8 Å². The van der Waals surface area contributed by atoms with E-state index in [1.54, 1.807) is 16.7 Å². The summed E-state index contributed by atoms with van der Waals surface area (Å²) in [6, 6.07) is 6.98. The fraction of sp³-hybridized carbons (Fsp3) is 0.579. The first kappa shape index (κ1) is 20.1. The van der Waals surface area contributed by atoms with E-state index < -0.39 is 6.04 Å². The first-order chi connectivity index (χ1) is 12.1. The van der Waals surface area contributed by atoms with E-state index in [1.807, 2.05) is 38.1 Å². The van der Waals surface area contributed by atoms with E-state index in [0.29, 0.717) is 23.8 Å². The van der Waals surface area contributed by atoms with Gasteiger partial charge >= 0.3 is 5.97 Å². The molecule has 2 atom stereocenters. The zero-order valence-corrected chi connectivity index (χ0v) is 16.4. The Labute approximate surface area is 159 Å². The molecule has 0 aromatic heterocycles. The van der Waals surface area contributed by atoms with Crippen LogP contribution in [-0.2, 0) is 14.3 Å². The molecule has 4 nitrogen and oxygen atoms in total. The highest BCUT2D eigenvalue weighted by atomic mass is 35.5. The van der Waals surface area contributed by atoms with Crippen LogP contribution in [0.4, 0.5) is 0 Å². The molecule has 1 heterocycles. The Kier molecular flexibility index (Phi) is 8.10. The van der Waals surface area contributed by atoms with Crippen molar-refractivity contribution in [3.63, 3.8) is 0 Å². The van der Waals surface area contributed by atoms with Crippen LogP contribution in [0, 0.1) is 0 Å². The molecule has 2 rings (SSSR count). The van der Waals surface area contributed by atoms with Gasteiger partial charge in [-0.2, -0.15) is 0 Å². The van der Waals surface area contributed by atoms with Gasteiger partial charge in [-0.15, -0.1) is 11.8 Å². The van der Waals surface area contributed by atoms with Crippen LogP contribution >= 0.6 is 23.4 Å². The SMILES string of the molecule is CCCCOC(=O)[C@H]1CS[C@@H](c2ccccc2Cl)N1C(=O)CCCC. The topological polar surface area (TPSA) is 46.6 Å². The number of thioether (sulfide) groups is 1. The molecule has 1 aliphatic rings. The molecule has 0 bridgehead atoms. The van der Waals surface area contributed by atoms with E-state index in [-0.39, 0.29) is 17.3 Å². The molecule has 1 saturated heterocycles. The van der Waals surface area contributed by atoms with Gasteiger partial charge in [-0.05, 0) is 18.9 Å². The Morgan fingerprint density at radius 1 is 1.24 bits per heavy atom. The van der Waals surface area contributed by atoms with Crippen LogP contribution in [0.2, 0.25) is 5.02 Å². The van der Waals surface area contributed by atoms with E-state index in [1.165, 1.54) is 0 Å². The molecule has 0 spiro atoms. The minimum atomic E-state index is -0.535. The number of esters is 1. The molecule has 1 amide bonds. The third-order valence-corrected chi connectivity index (χ3v) is 5.87. The summed E-state index contributed by atoms with van der Waals surface area (Å²) in [7, 11) is 0. The number of halogens is 1. The van der Waals surface area contributed by atoms with E-state index in [2.05, 4.69) is 0 Å². The fourth-order valence-corrected chi connectivity index (χ4v) is 4.55. The van der Waals surface area contributed by atoms with Crippen molar-refractivity contribution in [3.05, 3.63) is 34.9 Å². The first-order valence-electron chi connectivity index (χ1n) is 8.94. The Morgan fingerprint density at radius 3 is 2.64 bits per heavy atom. The second-order valence-electron chi connectivity index (χ2n) is 6.15. The molecule has 1 aliphatic heterocycles. The van der Waals surface area contributed by atoms with Crippen molar-refractivity contribution in [2.45, 2.75) is 57.4 Å². The second-order valence-corrected chi connectivity index (χ2v) is 7.67. The van der Waals surface area contributed by atoms with Crippen LogP contribution in [-0.4, -0.2) is 35.2 Å². The van der Waals surface area contributed by atoms with Crippen LogP contribution in [0.25, 0.3) is 0 Å². The average Bonchev–Trinajstić information content (AvgIpc) is 3.05. The van der Waals surface area contributed by atoms with Crippen LogP contribution < -0.4 is 0 Å². The highest BCUT2D eigenvalue weighted by Gasteiger charge is 2.43. The van der Waals surface area contributed by atoms with Gasteiger partial charge in [-0.3, -0.25) is 4.79 Å². The maximum atomic E-state index is 12.8. The Morgan fingerprint density at radius 2 is 1.96 bits per heavy atom. The molecule has 0 radical (unpaired) electrons. The predicted molar refractivity (Wildman–Crippen MR) is 103 cm³/mol. The number of unbranched alkanes of at least 4 members (excludes halogenated alkanes) is 2. The highest BCUT2D eigenvalue weighted by molar-refractivity contribution is 7.99. The molecule has 1 fully saturated rings. The minimum absolute atomic E-state index is 0.00536. The summed E-state index contributed by atoms with van der Waals surface area (Å²) in [4.78, 5) is 27.0. The van der Waals surface area contributed by atoms with E-state index in [0.717, 1.165) is 31.2 Å². The van der Waals surface area contributed by atoms with Crippen molar-refractivity contribution >= 4 is 35.2 Å². The summed E-state index contributed by atoms with van der Waals surface area (Å²) in [5.41, 5.74) is 0.878. The van der Waals surface area contributed by atoms with Crippen molar-refractivity contribution in [1.29, 1.82) is 0 Å². The van der Waals surface area contributed by atoms with Crippen molar-refractivity contribution in [2.24, 2.45) is 0 Å². The Bertz CT molecular complexity index is 596. The molecule has 25 heavy (non-hydrogen) atoms. The quantitative estimate of drug-likeness (QED) is 0.477. The monoisotopic (exact) mass is 383 g/mol. The number of ether oxygens (including phenoxy) is 1. The Balaban J connectivity index is 2.20. The molecule has 0 unspecified atom stereocenters. The molecule has 138 valence electrons. The van der Waals surface area contributed by atoms with Gasteiger partial charge in [0.05, 0.1) is 6.61 Å². The van der Waals surface area contributed by atoms with Gasteiger partial charge < -0.3 is 9.64 Å². The lowest BCUT2D eigenvalue weighted by atomic mass is 10.1. The molecule has 0 aliphatic carbocycles. The standard InChI is InChI=1S/C19H26ClNO3S/c1-3-5-11-17(22)21-16(19(23)24-12-6-4-2)13-25-18(21)14-9-7-8-10-15(14)20/h7-10,16,18H,3-6,11-13H2,1-2H3/t16-,18+/m1/s1. The summed E-state index contributed by atoms with van der Waals surface area (Å²) in [5.74, 6) is 0.230. The molecular formula is C19H26ClNO3S. The summed E-state index contributed by atoms with van der Waals surface area (Å²) in [6.07, 6.45) is 4.00. The minimum Gasteiger partial charge on any atom is -0.464 e. The number of amides is 1. The second kappa shape index (κ2) is 10.1. The smallest absolute Gasteiger partial charge is 0.329 e. The van der Waals surface area contributed by atoms with Crippen molar-refractivity contribution in [3.8, 4) is 0 Å². The number of hydrogen-bond acceptors (Lipinski definition) is 4. The van der Waals surface area contributed by atoms with E-state index in [4.69, 9.17) is 16.3 Å². The Hall–Kier alpha value is -1.20. The zero-order valence-electron chi connectivity index (χ0n) is 14.9. The van der Waals surface area contributed by atoms with Crippen molar-refractivity contribution in [2.75, 3.05) is 12.4 Å². The van der Waals surface area contributed by atoms with Gasteiger partial charge in [0.15, 0.2) is 0 Å². The third-order valence-electron chi connectivity index (χ3n) is 4.22. The van der Waals surface area contributed by atoms with E-state index in [9.17, 15) is 9.59 Å². The number of nitrogens with zero attached hydrogens (tertiary/aromatic N) is 1. The largest absolute Gasteiger partial charge is 0.464 e. The van der Waals surface area contributed by atoms with Crippen molar-refractivity contribution in [1.82, 2.24) is 4.90 Å². The van der Waals surface area contributed by atoms with Gasteiger partial charge in [-0.25, -0.2) is 4.79 Å². The normalized spacial score (nSPS) is 19.9. The molecule has 0 saturated carbocycles. The predicted octanol–water partition coefficient (Wildman–Crippen LogP) is 4.82. The number of benzene rings is 1. The summed E-state index contributed by atoms with van der Waals surface area (Å²) in [6.45, 7) is 4.51. The molecule has 1 aromatic rings. The maximum absolute atomic E-state index is 12.8. The lowest BCUT2D eigenvalue weighted by molar-refractivity contribution is -0.154. The molecule has 1 aromatic carbocycles. The summed E-state index contributed by atoms with van der Waals surface area (Å²) < 4.78 is 5.39. The number of rotatable bonds is 8. The van der Waals surface area contributed by atoms with E-state index >= 15 is 0 Å². The van der Waals surface area contributed by atoms with Crippen LogP contribution in [0.5, 0.6) is 0 Å². The highest BCUT2D eigenvalue weighted by Crippen LogP contribution is 2.44. The molecule has 0 N–H and O–H groups in total. The number of carbonyl (C=O) groups is 2. The lowest BCUT2D eigenvalue weighted by Gasteiger charge is -2.29. The van der Waals surface area contributed by atoms with Crippen molar-refractivity contribution < 1.29 is 14.3 Å². The zero-order chi connectivity index (χ0) is 18.2. The van der Waals surface area contributed by atoms with Crippen LogP contribution in [0.15, 0.2) is 24.3 Å². The molecule has 6 heteroatoms. The van der Waals surface area contributed by atoms with Gasteiger partial charge in [0.25, 0.3) is 0 Å². The maximum Gasteiger partial charge on any atom is 0.329 e. The van der Waals surface area contributed by atoms with Gasteiger partial charge in [-0.1, -0.05) is 56.5 Å².